The number of halogens is 3. The molecule has 21 heavy (non-hydrogen) atoms. The Morgan fingerprint density at radius 3 is 2.19 bits per heavy atom. The number of benzene rings is 1. The second-order valence-electron chi connectivity index (χ2n) is 4.03. The zero-order valence-electron chi connectivity index (χ0n) is 11.1. The van der Waals surface area contributed by atoms with E-state index in [1.54, 1.807) is 6.07 Å². The molecule has 0 saturated carbocycles. The van der Waals surface area contributed by atoms with Crippen LogP contribution in [0.15, 0.2) is 41.3 Å². The number of alkyl halides is 3. The summed E-state index contributed by atoms with van der Waals surface area (Å²) in [7, 11) is -3.96. The average Bonchev–Trinajstić information content (AvgIpc) is 2.34. The minimum Gasteiger partial charge on any atom is -0.268 e. The van der Waals surface area contributed by atoms with Gasteiger partial charge in [-0.05, 0) is 36.2 Å². The van der Waals surface area contributed by atoms with E-state index in [9.17, 15) is 26.4 Å². The molecule has 0 N–H and O–H groups in total. The lowest BCUT2D eigenvalue weighted by atomic mass is 10.3. The summed E-state index contributed by atoms with van der Waals surface area (Å²) in [5.74, 6) is -1.03. The van der Waals surface area contributed by atoms with Crippen LogP contribution in [0.5, 0.6) is 0 Å². The normalized spacial score (nSPS) is 13.1. The fourth-order valence-corrected chi connectivity index (χ4v) is 2.75. The Morgan fingerprint density at radius 2 is 1.76 bits per heavy atom. The van der Waals surface area contributed by atoms with Crippen molar-refractivity contribution < 1.29 is 26.4 Å². The number of sulfonamides is 1. The molecule has 1 amide bonds. The van der Waals surface area contributed by atoms with E-state index in [4.69, 9.17) is 0 Å². The summed E-state index contributed by atoms with van der Waals surface area (Å²) in [4.78, 5) is 12.1. The third-order valence-electron chi connectivity index (χ3n) is 2.21. The van der Waals surface area contributed by atoms with Crippen LogP contribution in [-0.4, -0.2) is 26.1 Å². The monoisotopic (exact) mass is 339 g/mol. The average molecular weight is 339 g/mol. The lowest BCUT2D eigenvalue weighted by molar-refractivity contribution is -0.113. The zero-order chi connectivity index (χ0) is 16.3. The fourth-order valence-electron chi connectivity index (χ4n) is 1.39. The first-order valence-electron chi connectivity index (χ1n) is 5.53. The summed E-state index contributed by atoms with van der Waals surface area (Å²) >= 11 is -0.511. The number of para-hydroxylation sites is 1. The van der Waals surface area contributed by atoms with Crippen LogP contribution in [0.25, 0.3) is 0 Å². The van der Waals surface area contributed by atoms with Crippen molar-refractivity contribution >= 4 is 33.4 Å². The summed E-state index contributed by atoms with van der Waals surface area (Å²) in [6.45, 7) is 1.13. The predicted octanol–water partition coefficient (Wildman–Crippen LogP) is 3.14. The van der Waals surface area contributed by atoms with Crippen LogP contribution in [0.1, 0.15) is 6.92 Å². The first-order chi connectivity index (χ1) is 9.52. The highest BCUT2D eigenvalue weighted by Crippen LogP contribution is 2.32. The van der Waals surface area contributed by atoms with Crippen molar-refractivity contribution in [3.8, 4) is 0 Å². The van der Waals surface area contributed by atoms with Gasteiger partial charge in [0.05, 0.1) is 11.9 Å². The third-order valence-corrected chi connectivity index (χ3v) is 3.99. The number of rotatable bonds is 4. The van der Waals surface area contributed by atoms with Crippen LogP contribution in [-0.2, 0) is 14.8 Å². The van der Waals surface area contributed by atoms with Gasteiger partial charge in [0.1, 0.15) is 0 Å². The molecule has 0 heterocycles. The topological polar surface area (TPSA) is 54.5 Å². The fraction of sp³-hybridized carbons (Fsp3) is 0.250. The number of hydrogen-bond acceptors (Lipinski definition) is 4. The second-order valence-corrected chi connectivity index (χ2v) is 6.80. The second kappa shape index (κ2) is 6.52. The van der Waals surface area contributed by atoms with E-state index in [1.807, 2.05) is 0 Å². The number of carbonyl (C=O) groups is 1. The van der Waals surface area contributed by atoms with Crippen LogP contribution in [0, 0.1) is 0 Å². The molecule has 1 rings (SSSR count). The van der Waals surface area contributed by atoms with Crippen LogP contribution in [0.3, 0.4) is 0 Å². The Kier molecular flexibility index (Phi) is 5.46. The Hall–Kier alpha value is -1.48. The standard InChI is InChI=1S/C12H12F3NO3S2/c1-9(8-20-12(13,14)15)11(17)16(21(2,18)19)10-6-4-3-5-7-10/h3-8H,1-2H3. The van der Waals surface area contributed by atoms with Crippen molar-refractivity contribution in [2.24, 2.45) is 0 Å². The highest BCUT2D eigenvalue weighted by atomic mass is 32.2. The van der Waals surface area contributed by atoms with Gasteiger partial charge >= 0.3 is 5.51 Å². The minimum absolute atomic E-state index is 0.0646. The number of thioether (sulfide) groups is 1. The summed E-state index contributed by atoms with van der Waals surface area (Å²) in [5, 5.41) is 0.587. The van der Waals surface area contributed by atoms with Crippen LogP contribution >= 0.6 is 11.8 Å². The summed E-state index contributed by atoms with van der Waals surface area (Å²) in [6, 6.07) is 7.41. The van der Waals surface area contributed by atoms with Crippen molar-refractivity contribution in [2.45, 2.75) is 12.4 Å². The van der Waals surface area contributed by atoms with Crippen LogP contribution in [0.2, 0.25) is 0 Å². The maximum absolute atomic E-state index is 12.1. The van der Waals surface area contributed by atoms with Crippen molar-refractivity contribution in [1.82, 2.24) is 0 Å². The molecule has 1 aromatic rings. The molecule has 9 heteroatoms. The molecule has 0 aliphatic carbocycles. The molecule has 0 saturated heterocycles. The Labute approximate surface area is 124 Å². The van der Waals surface area contributed by atoms with E-state index >= 15 is 0 Å². The summed E-state index contributed by atoms with van der Waals surface area (Å²) in [5.41, 5.74) is -4.80. The molecule has 0 atom stereocenters. The van der Waals surface area contributed by atoms with Gasteiger partial charge in [0, 0.05) is 5.57 Å². The lowest BCUT2D eigenvalue weighted by Crippen LogP contribution is -2.36. The Bertz CT molecular complexity index is 639. The van der Waals surface area contributed by atoms with Gasteiger partial charge in [-0.1, -0.05) is 18.2 Å². The maximum atomic E-state index is 12.1. The SMILES string of the molecule is CC(=CSC(F)(F)F)C(=O)N(c1ccccc1)S(C)(=O)=O. The van der Waals surface area contributed by atoms with E-state index in [2.05, 4.69) is 0 Å². The quantitative estimate of drug-likeness (QED) is 0.791. The van der Waals surface area contributed by atoms with E-state index in [0.29, 0.717) is 9.71 Å². The zero-order valence-corrected chi connectivity index (χ0v) is 12.7. The molecule has 0 unspecified atom stereocenters. The van der Waals surface area contributed by atoms with Gasteiger partial charge < -0.3 is 0 Å². The molecule has 0 aliphatic rings. The van der Waals surface area contributed by atoms with Gasteiger partial charge in [-0.15, -0.1) is 0 Å². The number of hydrogen-bond donors (Lipinski definition) is 0. The molecule has 116 valence electrons. The van der Waals surface area contributed by atoms with E-state index in [1.165, 1.54) is 24.3 Å². The van der Waals surface area contributed by atoms with Gasteiger partial charge in [0.25, 0.3) is 5.91 Å². The Balaban J connectivity index is 3.15. The smallest absolute Gasteiger partial charge is 0.268 e. The van der Waals surface area contributed by atoms with Crippen molar-refractivity contribution in [3.63, 3.8) is 0 Å². The van der Waals surface area contributed by atoms with Gasteiger partial charge in [-0.2, -0.15) is 13.2 Å². The summed E-state index contributed by atoms with van der Waals surface area (Å²) in [6.07, 6.45) is 0.808. The van der Waals surface area contributed by atoms with Crippen molar-refractivity contribution in [3.05, 3.63) is 41.3 Å². The molecular formula is C12H12F3NO3S2. The van der Waals surface area contributed by atoms with Crippen LogP contribution < -0.4 is 4.31 Å². The van der Waals surface area contributed by atoms with E-state index in [0.717, 1.165) is 13.2 Å². The molecule has 0 bridgehead atoms. The number of anilines is 1. The predicted molar refractivity (Wildman–Crippen MR) is 76.2 cm³/mol. The van der Waals surface area contributed by atoms with E-state index < -0.39 is 33.2 Å². The van der Waals surface area contributed by atoms with E-state index in [-0.39, 0.29) is 11.3 Å². The van der Waals surface area contributed by atoms with Crippen molar-refractivity contribution in [1.29, 1.82) is 0 Å². The molecule has 0 spiro atoms. The lowest BCUT2D eigenvalue weighted by Gasteiger charge is -2.20. The maximum Gasteiger partial charge on any atom is 0.445 e. The Morgan fingerprint density at radius 1 is 1.24 bits per heavy atom. The summed E-state index contributed by atoms with van der Waals surface area (Å²) < 4.78 is 60.3. The van der Waals surface area contributed by atoms with Gasteiger partial charge in [-0.25, -0.2) is 12.7 Å². The molecule has 0 radical (unpaired) electrons. The number of nitrogens with zero attached hydrogens (tertiary/aromatic N) is 1. The van der Waals surface area contributed by atoms with Crippen LogP contribution in [0.4, 0.5) is 18.9 Å². The first kappa shape index (κ1) is 17.6. The van der Waals surface area contributed by atoms with Gasteiger partial charge in [-0.3, -0.25) is 4.79 Å². The largest absolute Gasteiger partial charge is 0.445 e. The molecule has 0 aromatic heterocycles. The molecule has 0 fully saturated rings. The molecule has 4 nitrogen and oxygen atoms in total. The first-order valence-corrected chi connectivity index (χ1v) is 8.26. The van der Waals surface area contributed by atoms with Gasteiger partial charge in [0.2, 0.25) is 10.0 Å². The van der Waals surface area contributed by atoms with Crippen molar-refractivity contribution in [2.75, 3.05) is 10.6 Å². The number of amides is 1. The molecule has 1 aromatic carbocycles. The van der Waals surface area contributed by atoms with Gasteiger partial charge in [0.15, 0.2) is 0 Å². The third kappa shape index (κ3) is 5.43. The minimum atomic E-state index is -4.54. The highest BCUT2D eigenvalue weighted by Gasteiger charge is 2.30. The molecule has 0 aliphatic heterocycles. The molecular weight excluding hydrogens is 327 g/mol. The highest BCUT2D eigenvalue weighted by molar-refractivity contribution is 8.03. The number of carbonyl (C=O) groups excluding carboxylic acids is 1.